The molecule has 11 rings (SSSR count). The second-order valence-electron chi connectivity index (χ2n) is 17.3. The van der Waals surface area contributed by atoms with E-state index in [2.05, 4.69) is 19.7 Å². The van der Waals surface area contributed by atoms with Crippen molar-refractivity contribution in [2.75, 3.05) is 7.11 Å². The number of rotatable bonds is 6. The minimum absolute atomic E-state index is 0.0303. The largest absolute Gasteiger partial charge is 0.465 e. The van der Waals surface area contributed by atoms with Crippen molar-refractivity contribution in [3.63, 3.8) is 0 Å². The smallest absolute Gasteiger partial charge is 0.421 e. The third kappa shape index (κ3) is 13.1. The molecule has 3 heterocycles. The number of hydrogen-bond acceptors (Lipinski definition) is 10. The predicted molar refractivity (Wildman–Crippen MR) is 284 cm³/mol. The van der Waals surface area contributed by atoms with Crippen LogP contribution in [0.5, 0.6) is 23.3 Å². The Morgan fingerprint density at radius 1 is 0.658 bits per heavy atom. The first-order valence-corrected chi connectivity index (χ1v) is 25.3. The van der Waals surface area contributed by atoms with Crippen molar-refractivity contribution in [1.29, 1.82) is 0 Å². The summed E-state index contributed by atoms with van der Waals surface area (Å²) in [4.78, 5) is 46.5. The molecule has 5 aromatic carbocycles. The van der Waals surface area contributed by atoms with Crippen LogP contribution in [0.25, 0.3) is 10.9 Å². The zero-order valence-corrected chi connectivity index (χ0v) is 44.1. The number of esters is 1. The Kier molecular flexibility index (Phi) is 17.4. The second-order valence-corrected chi connectivity index (χ2v) is 19.8. The van der Waals surface area contributed by atoms with E-state index in [1.807, 2.05) is 75.7 Å². The van der Waals surface area contributed by atoms with Gasteiger partial charge in [-0.05, 0) is 186 Å². The standard InChI is InChI=1S/C23H15ClF3N3O2.C14H9F3INO3.C9H10ClN.C9H7ClO/c24-14-4-6-16-13(10-14)3-7-19(16)30-12-29-21(31)17-11-15(5-8-20(17)30)32-22-18(23(25,26)27)2-1-9-28-22;1-21-13(20)9-7-8(4-5-11(9)18)22-12-10(14(15,16)17)3-2-6-19-12;2*10-7-2-3-8-6(5-7)1-4-9(8)11/h1-2,4-6,8-12,19H,3,7H2;2-7H,1H3;2-3,5,9H,1,4,11H2;2-3,5H,1,4H2. The molecule has 11 nitrogen and oxygen atoms in total. The van der Waals surface area contributed by atoms with Gasteiger partial charge in [0.05, 0.1) is 35.9 Å². The number of aryl methyl sites for hydroxylation is 3. The minimum Gasteiger partial charge on any atom is -0.465 e. The summed E-state index contributed by atoms with van der Waals surface area (Å²) in [5.74, 6) is -1.39. The SMILES string of the molecule is COC(=O)c1cc(Oc2ncccc2C(F)(F)F)ccc1I.NC1CCc2cc(Cl)ccc21.O=C1CCc2cc(Cl)ccc21.O=c1ncn(C2CCc3cc(Cl)ccc32)c2ccc(Oc3ncccc3C(F)(F)F)cc12. The Morgan fingerprint density at radius 3 is 1.83 bits per heavy atom. The highest BCUT2D eigenvalue weighted by Crippen LogP contribution is 2.40. The van der Waals surface area contributed by atoms with E-state index in [1.54, 1.807) is 18.2 Å². The topological polar surface area (TPSA) is 149 Å². The van der Waals surface area contributed by atoms with Gasteiger partial charge in [0.25, 0.3) is 5.56 Å². The molecule has 3 aliphatic carbocycles. The van der Waals surface area contributed by atoms with E-state index < -0.39 is 46.8 Å². The molecular weight excluding hydrogens is 1170 g/mol. The fourth-order valence-corrected chi connectivity index (χ4v) is 9.94. The summed E-state index contributed by atoms with van der Waals surface area (Å²) in [6, 6.07) is 30.3. The van der Waals surface area contributed by atoms with Crippen LogP contribution in [-0.4, -0.2) is 38.4 Å². The van der Waals surface area contributed by atoms with Crippen LogP contribution in [0.3, 0.4) is 0 Å². The maximum atomic E-state index is 13.2. The van der Waals surface area contributed by atoms with Crippen LogP contribution < -0.4 is 20.8 Å². The average molecular weight is 1220 g/mol. The average Bonchev–Trinajstić information content (AvgIpc) is 4.10. The lowest BCUT2D eigenvalue weighted by atomic mass is 10.1. The molecule has 0 aliphatic heterocycles. The van der Waals surface area contributed by atoms with Crippen molar-refractivity contribution >= 4 is 80.0 Å². The number of nitrogens with two attached hydrogens (primary N) is 1. The maximum Gasteiger partial charge on any atom is 0.421 e. The number of nitrogens with zero attached hydrogens (tertiary/aromatic N) is 4. The number of pyridine rings is 2. The van der Waals surface area contributed by atoms with Crippen molar-refractivity contribution in [3.05, 3.63) is 213 Å². The Bertz CT molecular complexity index is 3550. The summed E-state index contributed by atoms with van der Waals surface area (Å²) in [7, 11) is 1.21. The third-order valence-corrected chi connectivity index (χ3v) is 14.1. The molecule has 2 N–H and O–H groups in total. The molecule has 0 saturated carbocycles. The van der Waals surface area contributed by atoms with E-state index in [0.717, 1.165) is 76.5 Å². The molecule has 2 unspecified atom stereocenters. The molecule has 0 radical (unpaired) electrons. The van der Waals surface area contributed by atoms with E-state index in [9.17, 15) is 40.7 Å². The van der Waals surface area contributed by atoms with Gasteiger partial charge in [-0.15, -0.1) is 0 Å². The fourth-order valence-electron chi connectivity index (χ4n) is 8.80. The number of Topliss-reactive ketones (excluding diaryl/α,β-unsaturated/α-hetero) is 1. The van der Waals surface area contributed by atoms with Gasteiger partial charge in [0.2, 0.25) is 11.8 Å². The van der Waals surface area contributed by atoms with Crippen LogP contribution in [0.1, 0.15) is 91.0 Å². The maximum absolute atomic E-state index is 13.2. The highest BCUT2D eigenvalue weighted by molar-refractivity contribution is 14.1. The first kappa shape index (κ1) is 55.6. The van der Waals surface area contributed by atoms with Crippen molar-refractivity contribution in [3.8, 4) is 23.3 Å². The van der Waals surface area contributed by atoms with E-state index in [0.29, 0.717) is 20.5 Å². The van der Waals surface area contributed by atoms with Crippen LogP contribution in [-0.2, 0) is 36.4 Å². The third-order valence-electron chi connectivity index (χ3n) is 12.4. The Morgan fingerprint density at radius 2 is 1.21 bits per heavy atom. The summed E-state index contributed by atoms with van der Waals surface area (Å²) in [6.45, 7) is 0. The van der Waals surface area contributed by atoms with Crippen molar-refractivity contribution in [2.45, 2.75) is 63.0 Å². The number of alkyl halides is 6. The van der Waals surface area contributed by atoms with E-state index in [-0.39, 0.29) is 40.3 Å². The van der Waals surface area contributed by atoms with Crippen LogP contribution in [0.4, 0.5) is 26.3 Å². The normalized spacial score (nSPS) is 15.2. The monoisotopic (exact) mass is 1210 g/mol. The lowest BCUT2D eigenvalue weighted by Crippen LogP contribution is -2.16. The number of ketones is 1. The van der Waals surface area contributed by atoms with E-state index >= 15 is 0 Å². The van der Waals surface area contributed by atoms with Gasteiger partial charge >= 0.3 is 18.3 Å². The van der Waals surface area contributed by atoms with Gasteiger partial charge in [-0.2, -0.15) is 31.3 Å². The Balaban J connectivity index is 0.000000149. The quantitative estimate of drug-likeness (QED) is 0.0969. The molecule has 3 aromatic heterocycles. The molecule has 3 aliphatic rings. The summed E-state index contributed by atoms with van der Waals surface area (Å²) >= 11 is 19.6. The van der Waals surface area contributed by atoms with Crippen LogP contribution >= 0.6 is 57.4 Å². The molecule has 2 atom stereocenters. The summed E-state index contributed by atoms with van der Waals surface area (Å²) in [5.41, 5.74) is 11.0. The van der Waals surface area contributed by atoms with Gasteiger partial charge in [-0.25, -0.2) is 14.8 Å². The van der Waals surface area contributed by atoms with Crippen LogP contribution in [0.15, 0.2) is 139 Å². The lowest BCUT2D eigenvalue weighted by Gasteiger charge is -2.19. The molecule has 8 aromatic rings. The highest BCUT2D eigenvalue weighted by Gasteiger charge is 2.36. The number of fused-ring (bicyclic) bond motifs is 4. The van der Waals surface area contributed by atoms with Gasteiger partial charge in [-0.3, -0.25) is 9.59 Å². The summed E-state index contributed by atoms with van der Waals surface area (Å²) < 4.78 is 96.1. The molecule has 0 saturated heterocycles. The molecule has 76 heavy (non-hydrogen) atoms. The zero-order chi connectivity index (χ0) is 54.5. The highest BCUT2D eigenvalue weighted by atomic mass is 127. The van der Waals surface area contributed by atoms with Crippen LogP contribution in [0.2, 0.25) is 15.1 Å². The van der Waals surface area contributed by atoms with Crippen molar-refractivity contribution in [2.24, 2.45) is 5.73 Å². The number of carbonyl (C=O) groups is 2. The van der Waals surface area contributed by atoms with Crippen molar-refractivity contribution in [1.82, 2.24) is 19.5 Å². The first-order valence-electron chi connectivity index (χ1n) is 23.1. The Labute approximate surface area is 459 Å². The van der Waals surface area contributed by atoms with Gasteiger partial charge in [0.1, 0.15) is 22.6 Å². The number of benzene rings is 5. The van der Waals surface area contributed by atoms with Gasteiger partial charge in [0, 0.05) is 49.1 Å². The molecular formula is C55H41Cl3F6IN5O6. The van der Waals surface area contributed by atoms with Crippen molar-refractivity contribution < 1.29 is 50.1 Å². The molecule has 392 valence electrons. The van der Waals surface area contributed by atoms with Gasteiger partial charge in [-0.1, -0.05) is 46.9 Å². The molecule has 0 amide bonds. The van der Waals surface area contributed by atoms with Gasteiger partial charge in [0.15, 0.2) is 5.78 Å². The molecule has 0 bridgehead atoms. The van der Waals surface area contributed by atoms with Crippen LogP contribution in [0, 0.1) is 3.57 Å². The van der Waals surface area contributed by atoms with E-state index in [1.165, 1.54) is 73.4 Å². The number of aromatic nitrogens is 4. The number of halogens is 10. The minimum atomic E-state index is -4.62. The lowest BCUT2D eigenvalue weighted by molar-refractivity contribution is -0.139. The second kappa shape index (κ2) is 23.8. The molecule has 21 heteroatoms. The van der Waals surface area contributed by atoms with Gasteiger partial charge < -0.3 is 24.5 Å². The summed E-state index contributed by atoms with van der Waals surface area (Å²) in [5, 5.41) is 2.45. The number of ether oxygens (including phenoxy) is 3. The first-order chi connectivity index (χ1) is 36.2. The number of carbonyl (C=O) groups excluding carboxylic acids is 2. The molecule has 0 fully saturated rings. The number of hydrogen-bond donors (Lipinski definition) is 1. The fraction of sp³-hybridized carbons (Fsp3) is 0.200. The summed E-state index contributed by atoms with van der Waals surface area (Å²) in [6.07, 6.45) is 0.0108. The number of methoxy groups -OCH3 is 1. The van der Waals surface area contributed by atoms with E-state index in [4.69, 9.17) is 50.0 Å². The Hall–Kier alpha value is -6.58. The molecule has 0 spiro atoms. The zero-order valence-electron chi connectivity index (χ0n) is 39.7. The predicted octanol–water partition coefficient (Wildman–Crippen LogP) is 14.8.